The van der Waals surface area contributed by atoms with E-state index in [1.165, 1.54) is 7.11 Å². The number of hydrogen-bond acceptors (Lipinski definition) is 6. The molecule has 2 aromatic heterocycles. The molecule has 1 saturated carbocycles. The van der Waals surface area contributed by atoms with Gasteiger partial charge in [0.05, 0.1) is 12.1 Å². The van der Waals surface area contributed by atoms with E-state index in [-0.39, 0.29) is 24.5 Å². The maximum atomic E-state index is 11.8. The van der Waals surface area contributed by atoms with Crippen LogP contribution in [0.3, 0.4) is 0 Å². The lowest BCUT2D eigenvalue weighted by Crippen LogP contribution is -2.47. The third-order valence-corrected chi connectivity index (χ3v) is 4.52. The predicted octanol–water partition coefficient (Wildman–Crippen LogP) is 0.637. The Morgan fingerprint density at radius 1 is 1.48 bits per heavy atom. The molecule has 0 aliphatic heterocycles. The number of pyridine rings is 1. The van der Waals surface area contributed by atoms with Crippen molar-refractivity contribution in [1.82, 2.24) is 25.1 Å². The summed E-state index contributed by atoms with van der Waals surface area (Å²) in [6.07, 6.45) is 4.92. The molecule has 0 bridgehead atoms. The Labute approximate surface area is 146 Å². The first kappa shape index (κ1) is 17.5. The highest BCUT2D eigenvalue weighted by molar-refractivity contribution is 5.77. The highest BCUT2D eigenvalue weighted by atomic mass is 16.5. The minimum atomic E-state index is -0.553. The predicted molar refractivity (Wildman–Crippen MR) is 90.6 cm³/mol. The zero-order valence-corrected chi connectivity index (χ0v) is 14.4. The number of aryl methyl sites for hydroxylation is 1. The van der Waals surface area contributed by atoms with Gasteiger partial charge >= 0.3 is 0 Å². The Bertz CT molecular complexity index is 718. The van der Waals surface area contributed by atoms with Crippen LogP contribution in [0.2, 0.25) is 0 Å². The molecule has 2 heterocycles. The van der Waals surface area contributed by atoms with Gasteiger partial charge in [-0.15, -0.1) is 0 Å². The molecule has 0 unspecified atom stereocenters. The molecule has 1 fully saturated rings. The van der Waals surface area contributed by atoms with Crippen molar-refractivity contribution in [3.8, 4) is 11.4 Å². The van der Waals surface area contributed by atoms with E-state index in [0.29, 0.717) is 18.7 Å². The highest BCUT2D eigenvalue weighted by Gasteiger charge is 2.33. The molecule has 134 valence electrons. The zero-order chi connectivity index (χ0) is 17.8. The van der Waals surface area contributed by atoms with Crippen LogP contribution in [-0.2, 0) is 16.6 Å². The lowest BCUT2D eigenvalue weighted by molar-refractivity contribution is -0.126. The van der Waals surface area contributed by atoms with Gasteiger partial charge in [0.25, 0.3) is 0 Å². The van der Waals surface area contributed by atoms with Crippen LogP contribution in [-0.4, -0.2) is 56.6 Å². The number of aromatic nitrogens is 4. The van der Waals surface area contributed by atoms with E-state index in [1.807, 2.05) is 19.2 Å². The largest absolute Gasteiger partial charge is 0.391 e. The first-order chi connectivity index (χ1) is 12.1. The normalized spacial score (nSPS) is 23.4. The SMILES string of the molecule is COCC(=O)N[C@@H]1C[C@@H](c2nc(-c3cccnc3)nn2C)CC[C@H]1O. The summed E-state index contributed by atoms with van der Waals surface area (Å²) in [5, 5.41) is 17.5. The average molecular weight is 345 g/mol. The van der Waals surface area contributed by atoms with E-state index < -0.39 is 6.10 Å². The molecule has 0 saturated heterocycles. The maximum Gasteiger partial charge on any atom is 0.246 e. The van der Waals surface area contributed by atoms with E-state index in [2.05, 4.69) is 20.4 Å². The summed E-state index contributed by atoms with van der Waals surface area (Å²) in [7, 11) is 3.34. The van der Waals surface area contributed by atoms with Crippen molar-refractivity contribution in [2.75, 3.05) is 13.7 Å². The second-order valence-corrected chi connectivity index (χ2v) is 6.34. The molecule has 2 aromatic rings. The smallest absolute Gasteiger partial charge is 0.246 e. The van der Waals surface area contributed by atoms with Crippen LogP contribution in [0.4, 0.5) is 0 Å². The number of aliphatic hydroxyl groups is 1. The molecule has 1 amide bonds. The number of nitrogens with zero attached hydrogens (tertiary/aromatic N) is 4. The first-order valence-corrected chi connectivity index (χ1v) is 8.36. The van der Waals surface area contributed by atoms with Crippen molar-refractivity contribution in [2.45, 2.75) is 37.3 Å². The van der Waals surface area contributed by atoms with E-state index >= 15 is 0 Å². The standard InChI is InChI=1S/C17H23N5O3/c1-22-17(20-16(21-22)12-4-3-7-18-9-12)11-5-6-14(23)13(8-11)19-15(24)10-25-2/h3-4,7,9,11,13-14,23H,5-6,8,10H2,1-2H3,(H,19,24)/t11-,13+,14+/m0/s1. The van der Waals surface area contributed by atoms with Crippen LogP contribution < -0.4 is 5.32 Å². The minimum absolute atomic E-state index is 0.0109. The van der Waals surface area contributed by atoms with Crippen LogP contribution >= 0.6 is 0 Å². The third-order valence-electron chi connectivity index (χ3n) is 4.52. The highest BCUT2D eigenvalue weighted by Crippen LogP contribution is 2.33. The Morgan fingerprint density at radius 3 is 3.04 bits per heavy atom. The molecule has 0 spiro atoms. The monoisotopic (exact) mass is 345 g/mol. The van der Waals surface area contributed by atoms with Crippen molar-refractivity contribution in [3.63, 3.8) is 0 Å². The molecule has 2 N–H and O–H groups in total. The second-order valence-electron chi connectivity index (χ2n) is 6.34. The van der Waals surface area contributed by atoms with Gasteiger partial charge in [0.1, 0.15) is 12.4 Å². The van der Waals surface area contributed by atoms with Crippen LogP contribution in [0.5, 0.6) is 0 Å². The number of carbonyl (C=O) groups is 1. The topological polar surface area (TPSA) is 102 Å². The van der Waals surface area contributed by atoms with E-state index in [1.54, 1.807) is 17.1 Å². The van der Waals surface area contributed by atoms with Gasteiger partial charge in [-0.25, -0.2) is 4.98 Å². The molecule has 3 rings (SSSR count). The number of aliphatic hydroxyl groups excluding tert-OH is 1. The summed E-state index contributed by atoms with van der Waals surface area (Å²) in [5.74, 6) is 1.40. The zero-order valence-electron chi connectivity index (χ0n) is 14.4. The van der Waals surface area contributed by atoms with Gasteiger partial charge in [0.15, 0.2) is 5.82 Å². The number of methoxy groups -OCH3 is 1. The minimum Gasteiger partial charge on any atom is -0.391 e. The number of nitrogens with one attached hydrogen (secondary N) is 1. The second kappa shape index (κ2) is 7.71. The van der Waals surface area contributed by atoms with Gasteiger partial charge in [-0.1, -0.05) is 0 Å². The van der Waals surface area contributed by atoms with Crippen LogP contribution in [0.15, 0.2) is 24.5 Å². The van der Waals surface area contributed by atoms with Crippen LogP contribution in [0.1, 0.15) is 31.0 Å². The lowest BCUT2D eigenvalue weighted by Gasteiger charge is -2.33. The molecule has 0 radical (unpaired) electrons. The van der Waals surface area contributed by atoms with Crippen molar-refractivity contribution in [3.05, 3.63) is 30.4 Å². The molecule has 3 atom stereocenters. The van der Waals surface area contributed by atoms with Gasteiger partial charge in [-0.2, -0.15) is 5.10 Å². The maximum absolute atomic E-state index is 11.8. The molecule has 8 heteroatoms. The quantitative estimate of drug-likeness (QED) is 0.824. The number of ether oxygens (including phenoxy) is 1. The van der Waals surface area contributed by atoms with Gasteiger partial charge < -0.3 is 15.2 Å². The van der Waals surface area contributed by atoms with Crippen molar-refractivity contribution in [2.24, 2.45) is 7.05 Å². The van der Waals surface area contributed by atoms with Gasteiger partial charge in [0.2, 0.25) is 5.91 Å². The fourth-order valence-corrected chi connectivity index (χ4v) is 3.29. The van der Waals surface area contributed by atoms with E-state index in [9.17, 15) is 9.90 Å². The molecule has 8 nitrogen and oxygen atoms in total. The number of carbonyl (C=O) groups excluding carboxylic acids is 1. The summed E-state index contributed by atoms with van der Waals surface area (Å²) in [4.78, 5) is 20.5. The van der Waals surface area contributed by atoms with E-state index in [0.717, 1.165) is 17.8 Å². The molecule has 1 aliphatic rings. The third kappa shape index (κ3) is 4.02. The molecular formula is C17H23N5O3. The Kier molecular flexibility index (Phi) is 5.40. The Hall–Kier alpha value is -2.32. The number of rotatable bonds is 5. The number of amides is 1. The number of hydrogen-bond donors (Lipinski definition) is 2. The summed E-state index contributed by atoms with van der Waals surface area (Å²) < 4.78 is 6.61. The molecular weight excluding hydrogens is 322 g/mol. The van der Waals surface area contributed by atoms with Gasteiger partial charge in [-0.3, -0.25) is 14.5 Å². The fourth-order valence-electron chi connectivity index (χ4n) is 3.29. The lowest BCUT2D eigenvalue weighted by atomic mass is 9.83. The van der Waals surface area contributed by atoms with Crippen molar-refractivity contribution in [1.29, 1.82) is 0 Å². The average Bonchev–Trinajstić information content (AvgIpc) is 3.00. The Balaban J connectivity index is 1.75. The fraction of sp³-hybridized carbons (Fsp3) is 0.529. The summed E-state index contributed by atoms with van der Waals surface area (Å²) in [5.41, 5.74) is 0.866. The van der Waals surface area contributed by atoms with Crippen LogP contribution in [0.25, 0.3) is 11.4 Å². The molecule has 25 heavy (non-hydrogen) atoms. The van der Waals surface area contributed by atoms with Gasteiger partial charge in [0, 0.05) is 38.0 Å². The van der Waals surface area contributed by atoms with E-state index in [4.69, 9.17) is 4.74 Å². The Morgan fingerprint density at radius 2 is 2.32 bits per heavy atom. The van der Waals surface area contributed by atoms with Gasteiger partial charge in [-0.05, 0) is 31.4 Å². The van der Waals surface area contributed by atoms with Crippen molar-refractivity contribution >= 4 is 5.91 Å². The first-order valence-electron chi connectivity index (χ1n) is 8.36. The molecule has 0 aromatic carbocycles. The van der Waals surface area contributed by atoms with Crippen LogP contribution in [0, 0.1) is 0 Å². The summed E-state index contributed by atoms with van der Waals surface area (Å²) >= 11 is 0. The summed E-state index contributed by atoms with van der Waals surface area (Å²) in [6.45, 7) is -0.0109. The molecule has 1 aliphatic carbocycles. The summed E-state index contributed by atoms with van der Waals surface area (Å²) in [6, 6.07) is 3.47. The van der Waals surface area contributed by atoms with Crippen molar-refractivity contribution < 1.29 is 14.6 Å².